The first-order chi connectivity index (χ1) is 9.10. The Hall–Kier alpha value is -2.33. The van der Waals surface area contributed by atoms with Crippen LogP contribution in [0.25, 0.3) is 0 Å². The Balaban J connectivity index is 2.22. The molecular weight excluding hydrogens is 242 g/mol. The van der Waals surface area contributed by atoms with Crippen molar-refractivity contribution in [2.24, 2.45) is 0 Å². The van der Waals surface area contributed by atoms with Crippen molar-refractivity contribution in [1.82, 2.24) is 0 Å². The van der Waals surface area contributed by atoms with Crippen LogP contribution in [0.1, 0.15) is 22.8 Å². The minimum Gasteiger partial charge on any atom is -0.457 e. The maximum Gasteiger partial charge on any atom is 0.162 e. The molecule has 0 heterocycles. The molecule has 0 aliphatic rings. The lowest BCUT2D eigenvalue weighted by atomic mass is 10.1. The molecule has 0 unspecified atom stereocenters. The molecule has 0 spiro atoms. The SMILES string of the molecule is CC(=O)c1cc(Oc2ccc(CO)cc2)ccc1N. The van der Waals surface area contributed by atoms with Crippen LogP contribution in [-0.4, -0.2) is 10.9 Å². The predicted molar refractivity (Wildman–Crippen MR) is 73.3 cm³/mol. The number of carbonyl (C=O) groups excluding carboxylic acids is 1. The number of benzene rings is 2. The Morgan fingerprint density at radius 3 is 2.37 bits per heavy atom. The van der Waals surface area contributed by atoms with Crippen LogP contribution in [0.2, 0.25) is 0 Å². The fraction of sp³-hybridized carbons (Fsp3) is 0.133. The van der Waals surface area contributed by atoms with Crippen molar-refractivity contribution >= 4 is 11.5 Å². The lowest BCUT2D eigenvalue weighted by Crippen LogP contribution is -1.99. The first kappa shape index (κ1) is 13.1. The number of nitrogen functional groups attached to an aromatic ring is 1. The van der Waals surface area contributed by atoms with E-state index in [-0.39, 0.29) is 12.4 Å². The number of aliphatic hydroxyl groups is 1. The summed E-state index contributed by atoms with van der Waals surface area (Å²) in [5.41, 5.74) is 7.42. The van der Waals surface area contributed by atoms with Gasteiger partial charge in [0, 0.05) is 11.3 Å². The fourth-order valence-electron chi connectivity index (χ4n) is 1.70. The number of ketones is 1. The van der Waals surface area contributed by atoms with Gasteiger partial charge in [0.15, 0.2) is 5.78 Å². The van der Waals surface area contributed by atoms with Crippen molar-refractivity contribution in [2.75, 3.05) is 5.73 Å². The van der Waals surface area contributed by atoms with Gasteiger partial charge in [0.1, 0.15) is 11.5 Å². The van der Waals surface area contributed by atoms with E-state index in [1.165, 1.54) is 6.92 Å². The zero-order valence-electron chi connectivity index (χ0n) is 10.6. The highest BCUT2D eigenvalue weighted by Crippen LogP contribution is 2.25. The molecule has 3 N–H and O–H groups in total. The molecule has 0 fully saturated rings. The number of rotatable bonds is 4. The predicted octanol–water partition coefficient (Wildman–Crippen LogP) is 2.76. The van der Waals surface area contributed by atoms with E-state index in [9.17, 15) is 4.79 Å². The molecule has 0 radical (unpaired) electrons. The number of carbonyl (C=O) groups is 1. The largest absolute Gasteiger partial charge is 0.457 e. The Labute approximate surface area is 111 Å². The molecule has 98 valence electrons. The standard InChI is InChI=1S/C15H15NO3/c1-10(18)14-8-13(6-7-15(14)16)19-12-4-2-11(9-17)3-5-12/h2-8,17H,9,16H2,1H3. The molecule has 2 rings (SSSR count). The van der Waals surface area contributed by atoms with Crippen LogP contribution < -0.4 is 10.5 Å². The van der Waals surface area contributed by atoms with E-state index in [0.717, 1.165) is 5.56 Å². The molecule has 0 saturated carbocycles. The summed E-state index contributed by atoms with van der Waals surface area (Å²) in [6, 6.07) is 12.1. The van der Waals surface area contributed by atoms with E-state index in [1.807, 2.05) is 0 Å². The summed E-state index contributed by atoms with van der Waals surface area (Å²) in [5.74, 6) is 1.09. The minimum atomic E-state index is -0.0985. The summed E-state index contributed by atoms with van der Waals surface area (Å²) in [5, 5.41) is 8.95. The monoisotopic (exact) mass is 257 g/mol. The highest BCUT2D eigenvalue weighted by Gasteiger charge is 2.07. The maximum absolute atomic E-state index is 11.4. The lowest BCUT2D eigenvalue weighted by molar-refractivity contribution is 0.101. The summed E-state index contributed by atoms with van der Waals surface area (Å²) in [6.45, 7) is 1.46. The summed E-state index contributed by atoms with van der Waals surface area (Å²) in [6.07, 6.45) is 0. The smallest absolute Gasteiger partial charge is 0.162 e. The van der Waals surface area contributed by atoms with Crippen LogP contribution in [-0.2, 0) is 6.61 Å². The molecule has 0 aromatic heterocycles. The second-order valence-electron chi connectivity index (χ2n) is 4.21. The molecule has 0 aliphatic heterocycles. The molecule has 0 aliphatic carbocycles. The van der Waals surface area contributed by atoms with Gasteiger partial charge < -0.3 is 15.6 Å². The molecule has 19 heavy (non-hydrogen) atoms. The molecule has 0 atom stereocenters. The molecule has 0 saturated heterocycles. The number of ether oxygens (including phenoxy) is 1. The number of aliphatic hydroxyl groups excluding tert-OH is 1. The highest BCUT2D eigenvalue weighted by molar-refractivity contribution is 5.99. The summed E-state index contributed by atoms with van der Waals surface area (Å²) in [4.78, 5) is 11.4. The van der Waals surface area contributed by atoms with Gasteiger partial charge in [0.2, 0.25) is 0 Å². The summed E-state index contributed by atoms with van der Waals surface area (Å²) < 4.78 is 5.63. The van der Waals surface area contributed by atoms with Crippen LogP contribution in [0.4, 0.5) is 5.69 Å². The van der Waals surface area contributed by atoms with Gasteiger partial charge in [-0.15, -0.1) is 0 Å². The van der Waals surface area contributed by atoms with Crippen LogP contribution in [0.3, 0.4) is 0 Å². The number of anilines is 1. The van der Waals surface area contributed by atoms with Crippen LogP contribution >= 0.6 is 0 Å². The van der Waals surface area contributed by atoms with E-state index >= 15 is 0 Å². The van der Waals surface area contributed by atoms with Gasteiger partial charge in [-0.3, -0.25) is 4.79 Å². The second kappa shape index (κ2) is 5.54. The van der Waals surface area contributed by atoms with Gasteiger partial charge in [-0.2, -0.15) is 0 Å². The first-order valence-electron chi connectivity index (χ1n) is 5.88. The minimum absolute atomic E-state index is 0.00334. The van der Waals surface area contributed by atoms with E-state index < -0.39 is 0 Å². The number of nitrogens with two attached hydrogens (primary N) is 1. The van der Waals surface area contributed by atoms with Gasteiger partial charge in [0.05, 0.1) is 6.61 Å². The Morgan fingerprint density at radius 1 is 1.16 bits per heavy atom. The molecular formula is C15H15NO3. The number of hydrogen-bond acceptors (Lipinski definition) is 4. The van der Waals surface area contributed by atoms with Crippen LogP contribution in [0.15, 0.2) is 42.5 Å². The van der Waals surface area contributed by atoms with Crippen molar-refractivity contribution in [3.63, 3.8) is 0 Å². The third-order valence-electron chi connectivity index (χ3n) is 2.75. The van der Waals surface area contributed by atoms with Crippen LogP contribution in [0.5, 0.6) is 11.5 Å². The third kappa shape index (κ3) is 3.11. The van der Waals surface area contributed by atoms with Gasteiger partial charge in [-0.05, 0) is 42.8 Å². The molecule has 2 aromatic carbocycles. The molecule has 4 heteroatoms. The van der Waals surface area contributed by atoms with Crippen molar-refractivity contribution in [3.05, 3.63) is 53.6 Å². The van der Waals surface area contributed by atoms with E-state index in [0.29, 0.717) is 22.7 Å². The number of Topliss-reactive ketones (excluding diaryl/α,β-unsaturated/α-hetero) is 1. The van der Waals surface area contributed by atoms with Gasteiger partial charge in [-0.25, -0.2) is 0 Å². The van der Waals surface area contributed by atoms with E-state index in [4.69, 9.17) is 15.6 Å². The summed E-state index contributed by atoms with van der Waals surface area (Å²) >= 11 is 0. The molecule has 4 nitrogen and oxygen atoms in total. The molecule has 0 amide bonds. The van der Waals surface area contributed by atoms with E-state index in [2.05, 4.69) is 0 Å². The molecule has 0 bridgehead atoms. The average Bonchev–Trinajstić information content (AvgIpc) is 2.41. The zero-order valence-corrected chi connectivity index (χ0v) is 10.6. The third-order valence-corrected chi connectivity index (χ3v) is 2.75. The van der Waals surface area contributed by atoms with Crippen molar-refractivity contribution < 1.29 is 14.6 Å². The summed E-state index contributed by atoms with van der Waals surface area (Å²) in [7, 11) is 0. The van der Waals surface area contributed by atoms with Crippen molar-refractivity contribution in [1.29, 1.82) is 0 Å². The van der Waals surface area contributed by atoms with Gasteiger partial charge in [0.25, 0.3) is 0 Å². The molecule has 2 aromatic rings. The quantitative estimate of drug-likeness (QED) is 0.652. The normalized spacial score (nSPS) is 10.2. The Bertz CT molecular complexity index is 591. The first-order valence-corrected chi connectivity index (χ1v) is 5.88. The van der Waals surface area contributed by atoms with Crippen LogP contribution in [0, 0.1) is 0 Å². The fourth-order valence-corrected chi connectivity index (χ4v) is 1.70. The zero-order chi connectivity index (χ0) is 13.8. The Morgan fingerprint density at radius 2 is 1.79 bits per heavy atom. The lowest BCUT2D eigenvalue weighted by Gasteiger charge is -2.09. The topological polar surface area (TPSA) is 72.5 Å². The average molecular weight is 257 g/mol. The van der Waals surface area contributed by atoms with Crippen molar-refractivity contribution in [3.8, 4) is 11.5 Å². The van der Waals surface area contributed by atoms with Crippen molar-refractivity contribution in [2.45, 2.75) is 13.5 Å². The van der Waals surface area contributed by atoms with Gasteiger partial charge >= 0.3 is 0 Å². The Kier molecular flexibility index (Phi) is 3.82. The van der Waals surface area contributed by atoms with Gasteiger partial charge in [-0.1, -0.05) is 12.1 Å². The maximum atomic E-state index is 11.4. The highest BCUT2D eigenvalue weighted by atomic mass is 16.5. The second-order valence-corrected chi connectivity index (χ2v) is 4.21. The van der Waals surface area contributed by atoms with E-state index in [1.54, 1.807) is 42.5 Å². The number of hydrogen-bond donors (Lipinski definition) is 2.